The van der Waals surface area contributed by atoms with Crippen LogP contribution in [0.3, 0.4) is 0 Å². The molecule has 0 saturated carbocycles. The molecule has 0 aliphatic heterocycles. The summed E-state index contributed by atoms with van der Waals surface area (Å²) in [4.78, 5) is 24.8. The molecule has 0 fully saturated rings. The van der Waals surface area contributed by atoms with Crippen LogP contribution in [0.1, 0.15) is 58.9 Å². The fraction of sp³-hybridized carbons (Fsp3) is 0.190. The lowest BCUT2D eigenvalue weighted by Gasteiger charge is -2.28. The Morgan fingerprint density at radius 1 is 0.792 bits per heavy atom. The minimum Gasteiger partial charge on any atom is -0.403 e. The highest BCUT2D eigenvalue weighted by molar-refractivity contribution is 6.80. The van der Waals surface area contributed by atoms with Crippen LogP contribution < -0.4 is 21.0 Å². The molecule has 5 aromatic carbocycles. The molecule has 0 spiro atoms. The average Bonchev–Trinajstić information content (AvgIpc) is 3.07. The van der Waals surface area contributed by atoms with Gasteiger partial charge in [0, 0.05) is 24.4 Å². The van der Waals surface area contributed by atoms with Crippen LogP contribution in [-0.4, -0.2) is 27.9 Å². The number of benzene rings is 5. The zero-order valence-corrected chi connectivity index (χ0v) is 29.6. The summed E-state index contributed by atoms with van der Waals surface area (Å²) >= 11 is 0. The molecule has 0 aromatic heterocycles. The van der Waals surface area contributed by atoms with Crippen LogP contribution >= 0.6 is 0 Å². The second-order valence-electron chi connectivity index (χ2n) is 12.9. The Balaban J connectivity index is 1.45. The maximum Gasteiger partial charge on any atom is 0.283 e. The summed E-state index contributed by atoms with van der Waals surface area (Å²) in [6.07, 6.45) is 3.24. The summed E-state index contributed by atoms with van der Waals surface area (Å²) in [5.41, 5.74) is 9.11. The molecule has 5 aromatic rings. The minimum atomic E-state index is -1.50. The van der Waals surface area contributed by atoms with Gasteiger partial charge in [-0.15, -0.1) is 0 Å². The number of rotatable bonds is 10. The van der Waals surface area contributed by atoms with Gasteiger partial charge >= 0.3 is 0 Å². The van der Waals surface area contributed by atoms with E-state index in [2.05, 4.69) is 106 Å². The predicted molar refractivity (Wildman–Crippen MR) is 200 cm³/mol. The summed E-state index contributed by atoms with van der Waals surface area (Å²) in [6, 6.07) is 38.4. The van der Waals surface area contributed by atoms with Crippen molar-refractivity contribution < 1.29 is 14.0 Å². The second-order valence-corrected chi connectivity index (χ2v) is 15.0. The Hall–Kier alpha value is -5.04. The van der Waals surface area contributed by atoms with Crippen LogP contribution in [0.15, 0.2) is 121 Å². The predicted octanol–water partition coefficient (Wildman–Crippen LogP) is 7.60. The number of anilines is 1. The van der Waals surface area contributed by atoms with E-state index in [1.165, 1.54) is 33.1 Å². The fourth-order valence-electron chi connectivity index (χ4n) is 6.40. The van der Waals surface area contributed by atoms with Gasteiger partial charge in [-0.1, -0.05) is 112 Å². The molecule has 5 nitrogen and oxygen atoms in total. The van der Waals surface area contributed by atoms with Crippen LogP contribution in [0.5, 0.6) is 0 Å². The van der Waals surface area contributed by atoms with Crippen LogP contribution in [0.25, 0.3) is 17.2 Å². The lowest BCUT2D eigenvalue weighted by molar-refractivity contribution is -0.111. The van der Waals surface area contributed by atoms with Gasteiger partial charge < -0.3 is 15.1 Å². The van der Waals surface area contributed by atoms with E-state index < -0.39 is 9.04 Å². The number of hydrogen-bond donors (Lipinski definition) is 2. The van der Waals surface area contributed by atoms with Gasteiger partial charge in [-0.2, -0.15) is 0 Å². The Morgan fingerprint density at radius 3 is 2.00 bits per heavy atom. The summed E-state index contributed by atoms with van der Waals surface area (Å²) < 4.78 is 6.89. The molecule has 0 unspecified atom stereocenters. The Bertz CT molecular complexity index is 1870. The van der Waals surface area contributed by atoms with E-state index in [0.717, 1.165) is 22.3 Å². The van der Waals surface area contributed by atoms with Crippen molar-refractivity contribution in [1.29, 1.82) is 0 Å². The molecule has 0 aliphatic carbocycles. The van der Waals surface area contributed by atoms with Crippen LogP contribution in [0.4, 0.5) is 5.69 Å². The molecule has 0 saturated heterocycles. The lowest BCUT2D eigenvalue weighted by atomic mass is 9.77. The van der Waals surface area contributed by atoms with Crippen molar-refractivity contribution in [2.75, 3.05) is 12.4 Å². The van der Waals surface area contributed by atoms with Gasteiger partial charge in [0.25, 0.3) is 14.9 Å². The molecule has 6 heteroatoms. The highest BCUT2D eigenvalue weighted by atomic mass is 28.3. The Morgan fingerprint density at radius 2 is 1.42 bits per heavy atom. The number of aryl methyl sites for hydroxylation is 1. The van der Waals surface area contributed by atoms with Gasteiger partial charge in [-0.3, -0.25) is 9.59 Å². The third-order valence-corrected chi connectivity index (χ3v) is 10.4. The van der Waals surface area contributed by atoms with Gasteiger partial charge in [0.2, 0.25) is 5.91 Å². The molecular weight excluding hydrogens is 609 g/mol. The molecule has 0 atom stereocenters. The first-order chi connectivity index (χ1) is 23.0. The average molecular weight is 652 g/mol. The van der Waals surface area contributed by atoms with Crippen LogP contribution in [0.2, 0.25) is 0 Å². The van der Waals surface area contributed by atoms with E-state index in [1.54, 1.807) is 25.3 Å². The standard InChI is InChI=1S/C42H43N2O3Si/c1-29-26-34(28-47-48(36-16-9-7-10-17-36)37-18-11-8-12-19-37)39(30(2)40(29)42(3,4)5)33-14-13-15-35(27-33)44-38(45)25-22-31-20-23-32(24-21-31)41(46)43-6/h7-27H,28H2,1-6H3,(H,43,46)(H,44,45). The van der Waals surface area contributed by atoms with Gasteiger partial charge in [-0.25, -0.2) is 0 Å². The first kappa shape index (κ1) is 34.3. The highest BCUT2D eigenvalue weighted by Crippen LogP contribution is 2.38. The van der Waals surface area contributed by atoms with E-state index in [9.17, 15) is 9.59 Å². The largest absolute Gasteiger partial charge is 0.403 e. The molecule has 0 aliphatic rings. The molecule has 243 valence electrons. The topological polar surface area (TPSA) is 67.4 Å². The van der Waals surface area contributed by atoms with E-state index >= 15 is 0 Å². The summed E-state index contributed by atoms with van der Waals surface area (Å²) in [5.74, 6) is -0.384. The molecule has 2 amide bonds. The molecule has 1 radical (unpaired) electrons. The van der Waals surface area contributed by atoms with Crippen LogP contribution in [-0.2, 0) is 21.2 Å². The molecular formula is C42H43N2O3Si. The van der Waals surface area contributed by atoms with Gasteiger partial charge in [0.15, 0.2) is 0 Å². The number of carbonyl (C=O) groups is 2. The minimum absolute atomic E-state index is 0.0551. The van der Waals surface area contributed by atoms with E-state index in [-0.39, 0.29) is 17.2 Å². The number of amides is 2. The third-order valence-electron chi connectivity index (χ3n) is 8.30. The Labute approximate surface area is 286 Å². The Kier molecular flexibility index (Phi) is 10.9. The SMILES string of the molecule is CNC(=O)c1ccc(C=CC(=O)Nc2cccc(-c3c(CO[Si](c4ccccc4)c4ccccc4)cc(C)c(C(C)(C)C)c3C)c2)cc1. The van der Waals surface area contributed by atoms with Gasteiger partial charge in [0.1, 0.15) is 0 Å². The van der Waals surface area contributed by atoms with Crippen molar-refractivity contribution in [3.8, 4) is 11.1 Å². The molecule has 48 heavy (non-hydrogen) atoms. The van der Waals surface area contributed by atoms with Crippen molar-refractivity contribution in [3.05, 3.63) is 155 Å². The number of carbonyl (C=O) groups excluding carboxylic acids is 2. The monoisotopic (exact) mass is 651 g/mol. The van der Waals surface area contributed by atoms with E-state index in [1.807, 2.05) is 42.5 Å². The van der Waals surface area contributed by atoms with Gasteiger partial charge in [-0.05, 0) is 98.9 Å². The van der Waals surface area contributed by atoms with Crippen molar-refractivity contribution in [3.63, 3.8) is 0 Å². The van der Waals surface area contributed by atoms with E-state index in [0.29, 0.717) is 17.9 Å². The third kappa shape index (κ3) is 8.26. The fourth-order valence-corrected chi connectivity index (χ4v) is 8.35. The molecule has 2 N–H and O–H groups in total. The zero-order chi connectivity index (χ0) is 34.3. The van der Waals surface area contributed by atoms with Gasteiger partial charge in [0.05, 0.1) is 6.61 Å². The summed E-state index contributed by atoms with van der Waals surface area (Å²) in [7, 11) is 0.0957. The van der Waals surface area contributed by atoms with Crippen molar-refractivity contribution in [2.45, 2.75) is 46.6 Å². The van der Waals surface area contributed by atoms with E-state index in [4.69, 9.17) is 4.43 Å². The summed E-state index contributed by atoms with van der Waals surface area (Å²) in [6.45, 7) is 11.6. The smallest absolute Gasteiger partial charge is 0.283 e. The van der Waals surface area contributed by atoms with Crippen molar-refractivity contribution >= 4 is 43.0 Å². The summed E-state index contributed by atoms with van der Waals surface area (Å²) in [5, 5.41) is 8.05. The number of nitrogens with one attached hydrogen (secondary N) is 2. The second kappa shape index (κ2) is 15.2. The molecule has 0 heterocycles. The normalized spacial score (nSPS) is 11.6. The lowest BCUT2D eigenvalue weighted by Crippen LogP contribution is -2.44. The quantitative estimate of drug-likeness (QED) is 0.121. The van der Waals surface area contributed by atoms with Crippen LogP contribution in [0, 0.1) is 13.8 Å². The molecule has 0 bridgehead atoms. The van der Waals surface area contributed by atoms with Crippen molar-refractivity contribution in [2.24, 2.45) is 0 Å². The number of hydrogen-bond acceptors (Lipinski definition) is 3. The maximum atomic E-state index is 13.0. The highest BCUT2D eigenvalue weighted by Gasteiger charge is 2.25. The maximum absolute atomic E-state index is 13.0. The first-order valence-corrected chi connectivity index (χ1v) is 17.6. The van der Waals surface area contributed by atoms with Crippen molar-refractivity contribution in [1.82, 2.24) is 5.32 Å². The first-order valence-electron chi connectivity index (χ1n) is 16.2. The molecule has 5 rings (SSSR count). The zero-order valence-electron chi connectivity index (χ0n) is 28.6.